The molecule has 0 saturated carbocycles. The van der Waals surface area contributed by atoms with Crippen LogP contribution in [-0.4, -0.2) is 71.1 Å². The number of hydrogen-bond donors (Lipinski definition) is 4. The fourth-order valence-electron chi connectivity index (χ4n) is 4.82. The Morgan fingerprint density at radius 2 is 0.980 bits per heavy atom. The van der Waals surface area contributed by atoms with Crippen molar-refractivity contribution < 1.29 is 43.3 Å². The van der Waals surface area contributed by atoms with Gasteiger partial charge >= 0.3 is 12.2 Å². The molecule has 0 radical (unpaired) electrons. The lowest BCUT2D eigenvalue weighted by atomic mass is 10.1. The Kier molecular flexibility index (Phi) is 13.5. The summed E-state index contributed by atoms with van der Waals surface area (Å²) in [7, 11) is 0. The van der Waals surface area contributed by atoms with Crippen molar-refractivity contribution in [3.63, 3.8) is 0 Å². The van der Waals surface area contributed by atoms with Gasteiger partial charge in [0.2, 0.25) is 0 Å². The minimum Gasteiger partial charge on any atom is -0.445 e. The van der Waals surface area contributed by atoms with Crippen LogP contribution < -0.4 is 16.0 Å². The Bertz CT molecular complexity index is 1780. The Morgan fingerprint density at radius 3 is 1.39 bits per heavy atom. The number of carbonyl (C=O) groups is 6. The van der Waals surface area contributed by atoms with Crippen LogP contribution in [0.15, 0.2) is 109 Å². The first kappa shape index (κ1) is 37.5. The van der Waals surface area contributed by atoms with Gasteiger partial charge in [0.15, 0.2) is 0 Å². The second kappa shape index (κ2) is 18.4. The number of nitrogens with zero attached hydrogens (tertiary/aromatic N) is 1. The predicted molar refractivity (Wildman–Crippen MR) is 186 cm³/mol. The van der Waals surface area contributed by atoms with Crippen LogP contribution in [0, 0.1) is 0 Å². The highest BCUT2D eigenvalue weighted by atomic mass is 16.6. The molecule has 13 nitrogen and oxygen atoms in total. The van der Waals surface area contributed by atoms with E-state index in [-0.39, 0.29) is 56.0 Å². The molecule has 13 heteroatoms. The number of benzene rings is 4. The highest BCUT2D eigenvalue weighted by molar-refractivity contribution is 6.22. The van der Waals surface area contributed by atoms with Crippen molar-refractivity contribution in [1.29, 1.82) is 0 Å². The van der Waals surface area contributed by atoms with E-state index in [9.17, 15) is 28.8 Å². The summed E-state index contributed by atoms with van der Waals surface area (Å²) in [5.41, 5.74) is 3.54. The average molecular weight is 695 g/mol. The fourth-order valence-corrected chi connectivity index (χ4v) is 4.82. The van der Waals surface area contributed by atoms with Crippen LogP contribution in [0.25, 0.3) is 0 Å². The van der Waals surface area contributed by atoms with Crippen molar-refractivity contribution in [3.05, 3.63) is 143 Å². The standard InChI is InChI=1S/C19H18N2O4.C11H15NO3.C8H5NO2/c1-13(20-19(24)25-12-14-7-3-2-4-8-14)11-21-17(22)15-9-5-6-10-16(15)18(21)23;1-9(7-13)12-11(14)15-8-10-5-3-2-4-6-10;10-7-5-3-1-2-4-6(5)8(11)9-7/h2-10,13H,11-12H2,1H3,(H,20,24);2-6,9,13H,7-8H2,1H3,(H,12,14);1-4H,(H,9,10,11)/t13-;9-;/m11./s1. The van der Waals surface area contributed by atoms with Crippen molar-refractivity contribution in [2.24, 2.45) is 0 Å². The number of ether oxygens (including phenoxy) is 2. The molecule has 0 aromatic heterocycles. The van der Waals surface area contributed by atoms with Gasteiger partial charge in [0.1, 0.15) is 13.2 Å². The molecule has 6 amide bonds. The third kappa shape index (κ3) is 10.8. The predicted octanol–water partition coefficient (Wildman–Crippen LogP) is 4.46. The molecule has 2 aliphatic heterocycles. The molecule has 4 aromatic carbocycles. The molecule has 4 N–H and O–H groups in total. The summed E-state index contributed by atoms with van der Waals surface area (Å²) in [6.45, 7) is 3.81. The summed E-state index contributed by atoms with van der Waals surface area (Å²) in [5.74, 6) is -1.28. The van der Waals surface area contributed by atoms with Gasteiger partial charge in [-0.2, -0.15) is 0 Å². The van der Waals surface area contributed by atoms with Gasteiger partial charge in [0.25, 0.3) is 23.6 Å². The number of hydrogen-bond acceptors (Lipinski definition) is 9. The van der Waals surface area contributed by atoms with E-state index < -0.39 is 18.2 Å². The van der Waals surface area contributed by atoms with E-state index in [2.05, 4.69) is 16.0 Å². The fraction of sp³-hybridized carbons (Fsp3) is 0.211. The highest BCUT2D eigenvalue weighted by Crippen LogP contribution is 2.22. The molecule has 4 aromatic rings. The normalized spacial score (nSPS) is 13.6. The lowest BCUT2D eigenvalue weighted by Crippen LogP contribution is -2.44. The van der Waals surface area contributed by atoms with Crippen molar-refractivity contribution in [3.8, 4) is 0 Å². The minimum atomic E-state index is -0.590. The maximum absolute atomic E-state index is 12.3. The van der Waals surface area contributed by atoms with E-state index in [0.29, 0.717) is 22.3 Å². The molecular formula is C38H38N4O9. The third-order valence-corrected chi connectivity index (χ3v) is 7.41. The summed E-state index contributed by atoms with van der Waals surface area (Å²) in [6.07, 6.45) is -1.10. The maximum Gasteiger partial charge on any atom is 0.407 e. The Morgan fingerprint density at radius 1 is 0.608 bits per heavy atom. The first-order chi connectivity index (χ1) is 24.6. The van der Waals surface area contributed by atoms with Gasteiger partial charge in [-0.05, 0) is 49.2 Å². The van der Waals surface area contributed by atoms with E-state index >= 15 is 0 Å². The van der Waals surface area contributed by atoms with Gasteiger partial charge in [-0.1, -0.05) is 84.9 Å². The van der Waals surface area contributed by atoms with Crippen LogP contribution in [0.3, 0.4) is 0 Å². The Balaban J connectivity index is 0.000000190. The van der Waals surface area contributed by atoms with Gasteiger partial charge in [0.05, 0.1) is 34.9 Å². The third-order valence-electron chi connectivity index (χ3n) is 7.41. The summed E-state index contributed by atoms with van der Waals surface area (Å²) in [5, 5.41) is 16.0. The monoisotopic (exact) mass is 694 g/mol. The van der Waals surface area contributed by atoms with Crippen LogP contribution in [0.4, 0.5) is 9.59 Å². The Labute approximate surface area is 294 Å². The van der Waals surface area contributed by atoms with E-state index in [4.69, 9.17) is 14.6 Å². The van der Waals surface area contributed by atoms with Gasteiger partial charge in [0, 0.05) is 12.6 Å². The number of amides is 6. The Hall–Kier alpha value is -6.34. The van der Waals surface area contributed by atoms with E-state index in [0.717, 1.165) is 16.0 Å². The number of aliphatic hydroxyl groups excluding tert-OH is 1. The van der Waals surface area contributed by atoms with Gasteiger partial charge in [-0.3, -0.25) is 29.4 Å². The lowest BCUT2D eigenvalue weighted by Gasteiger charge is -2.20. The van der Waals surface area contributed by atoms with E-state index in [1.54, 1.807) is 62.4 Å². The topological polar surface area (TPSA) is 180 Å². The molecule has 6 rings (SSSR count). The number of alkyl carbamates (subject to hydrolysis) is 2. The lowest BCUT2D eigenvalue weighted by molar-refractivity contribution is 0.0634. The number of carbonyl (C=O) groups excluding carboxylic acids is 6. The number of imide groups is 2. The number of rotatable bonds is 9. The van der Waals surface area contributed by atoms with Gasteiger partial charge in [-0.25, -0.2) is 9.59 Å². The second-order valence-corrected chi connectivity index (χ2v) is 11.5. The minimum absolute atomic E-state index is 0.0901. The van der Waals surface area contributed by atoms with Gasteiger partial charge < -0.3 is 25.2 Å². The zero-order valence-electron chi connectivity index (χ0n) is 28.0. The van der Waals surface area contributed by atoms with Crippen LogP contribution >= 0.6 is 0 Å². The summed E-state index contributed by atoms with van der Waals surface area (Å²) < 4.78 is 10.1. The molecule has 51 heavy (non-hydrogen) atoms. The highest BCUT2D eigenvalue weighted by Gasteiger charge is 2.36. The zero-order chi connectivity index (χ0) is 36.8. The van der Waals surface area contributed by atoms with Crippen molar-refractivity contribution in [2.45, 2.75) is 39.1 Å². The zero-order valence-corrected chi connectivity index (χ0v) is 28.0. The van der Waals surface area contributed by atoms with Crippen molar-refractivity contribution in [2.75, 3.05) is 13.2 Å². The molecule has 0 fully saturated rings. The largest absolute Gasteiger partial charge is 0.445 e. The molecule has 2 heterocycles. The molecule has 0 saturated heterocycles. The molecule has 264 valence electrons. The molecule has 2 atom stereocenters. The average Bonchev–Trinajstić information content (AvgIpc) is 3.57. The number of fused-ring (bicyclic) bond motifs is 2. The smallest absolute Gasteiger partial charge is 0.407 e. The number of aliphatic hydroxyl groups is 1. The van der Waals surface area contributed by atoms with Gasteiger partial charge in [-0.15, -0.1) is 0 Å². The SMILES string of the molecule is C[C@H](CN1C(=O)c2ccccc2C1=O)NC(=O)OCc1ccccc1.C[C@H](CO)NC(=O)OCc1ccccc1.O=C1NC(=O)c2ccccc21. The van der Waals surface area contributed by atoms with Crippen LogP contribution in [0.1, 0.15) is 66.4 Å². The molecular weight excluding hydrogens is 656 g/mol. The van der Waals surface area contributed by atoms with E-state index in [1.165, 1.54) is 0 Å². The molecule has 2 aliphatic rings. The first-order valence-electron chi connectivity index (χ1n) is 16.0. The summed E-state index contributed by atoms with van der Waals surface area (Å²) in [4.78, 5) is 70.6. The molecule has 0 bridgehead atoms. The number of nitrogens with one attached hydrogen (secondary N) is 3. The maximum atomic E-state index is 12.3. The molecule has 0 spiro atoms. The molecule has 0 aliphatic carbocycles. The van der Waals surface area contributed by atoms with Crippen LogP contribution in [-0.2, 0) is 22.7 Å². The molecule has 0 unspecified atom stereocenters. The van der Waals surface area contributed by atoms with Crippen LogP contribution in [0.2, 0.25) is 0 Å². The first-order valence-corrected chi connectivity index (χ1v) is 16.0. The van der Waals surface area contributed by atoms with E-state index in [1.807, 2.05) is 60.7 Å². The summed E-state index contributed by atoms with van der Waals surface area (Å²) >= 11 is 0. The van der Waals surface area contributed by atoms with Crippen molar-refractivity contribution >= 4 is 35.8 Å². The quantitative estimate of drug-likeness (QED) is 0.184. The summed E-state index contributed by atoms with van der Waals surface area (Å²) in [6, 6.07) is 31.5. The van der Waals surface area contributed by atoms with Crippen molar-refractivity contribution in [1.82, 2.24) is 20.9 Å². The van der Waals surface area contributed by atoms with Crippen LogP contribution in [0.5, 0.6) is 0 Å². The second-order valence-electron chi connectivity index (χ2n) is 11.5.